The van der Waals surface area contributed by atoms with Crippen molar-refractivity contribution in [3.8, 4) is 28.8 Å². The van der Waals surface area contributed by atoms with Crippen molar-refractivity contribution in [3.05, 3.63) is 64.5 Å². The van der Waals surface area contributed by atoms with Crippen molar-refractivity contribution in [1.82, 2.24) is 4.98 Å². The molecule has 0 saturated carbocycles. The summed E-state index contributed by atoms with van der Waals surface area (Å²) in [6.07, 6.45) is 1.72. The summed E-state index contributed by atoms with van der Waals surface area (Å²) in [7, 11) is 0. The van der Waals surface area contributed by atoms with Gasteiger partial charge in [0.2, 0.25) is 0 Å². The van der Waals surface area contributed by atoms with Gasteiger partial charge in [0.05, 0.1) is 11.3 Å². The average molecular weight is 320 g/mol. The van der Waals surface area contributed by atoms with Crippen molar-refractivity contribution < 1.29 is 10.2 Å². The van der Waals surface area contributed by atoms with Crippen LogP contribution >= 0.6 is 11.3 Å². The summed E-state index contributed by atoms with van der Waals surface area (Å²) in [5, 5.41) is 31.0. The van der Waals surface area contributed by atoms with Crippen LogP contribution in [0.3, 0.4) is 0 Å². The van der Waals surface area contributed by atoms with Gasteiger partial charge in [0.15, 0.2) is 0 Å². The van der Waals surface area contributed by atoms with Gasteiger partial charge in [-0.1, -0.05) is 24.3 Å². The first kappa shape index (κ1) is 14.8. The molecule has 1 heterocycles. The highest BCUT2D eigenvalue weighted by atomic mass is 32.1. The van der Waals surface area contributed by atoms with Crippen molar-refractivity contribution in [2.45, 2.75) is 0 Å². The lowest BCUT2D eigenvalue weighted by Crippen LogP contribution is -1.83. The summed E-state index contributed by atoms with van der Waals surface area (Å²) >= 11 is 1.35. The Morgan fingerprint density at radius 1 is 1.09 bits per heavy atom. The molecule has 2 N–H and O–H groups in total. The summed E-state index contributed by atoms with van der Waals surface area (Å²) in [4.78, 5) is 4.44. The molecule has 0 aliphatic rings. The van der Waals surface area contributed by atoms with E-state index in [1.165, 1.54) is 11.3 Å². The van der Waals surface area contributed by atoms with E-state index < -0.39 is 0 Å². The van der Waals surface area contributed by atoms with E-state index in [9.17, 15) is 15.5 Å². The zero-order valence-electron chi connectivity index (χ0n) is 12.0. The Balaban J connectivity index is 1.96. The third kappa shape index (κ3) is 3.23. The van der Waals surface area contributed by atoms with Crippen LogP contribution in [-0.4, -0.2) is 15.2 Å². The van der Waals surface area contributed by atoms with E-state index in [1.807, 2.05) is 11.4 Å². The van der Waals surface area contributed by atoms with Crippen LogP contribution in [0.1, 0.15) is 10.6 Å². The third-order valence-electron chi connectivity index (χ3n) is 3.24. The molecule has 0 fully saturated rings. The Morgan fingerprint density at radius 3 is 2.52 bits per heavy atom. The Morgan fingerprint density at radius 2 is 1.83 bits per heavy atom. The molecule has 0 unspecified atom stereocenters. The van der Waals surface area contributed by atoms with E-state index >= 15 is 0 Å². The lowest BCUT2D eigenvalue weighted by Gasteiger charge is -1.99. The largest absolute Gasteiger partial charge is 0.508 e. The summed E-state index contributed by atoms with van der Waals surface area (Å²) in [6, 6.07) is 15.7. The number of aromatic nitrogens is 1. The predicted molar refractivity (Wildman–Crippen MR) is 90.8 cm³/mol. The van der Waals surface area contributed by atoms with E-state index in [1.54, 1.807) is 48.5 Å². The number of rotatable bonds is 3. The minimum atomic E-state index is 0.158. The highest BCUT2D eigenvalue weighted by Gasteiger charge is 2.11. The second-order valence-corrected chi connectivity index (χ2v) is 5.67. The topological polar surface area (TPSA) is 77.1 Å². The lowest BCUT2D eigenvalue weighted by molar-refractivity contribution is 0.475. The zero-order valence-corrected chi connectivity index (χ0v) is 12.8. The van der Waals surface area contributed by atoms with Gasteiger partial charge in [-0.2, -0.15) is 5.26 Å². The van der Waals surface area contributed by atoms with E-state index in [0.29, 0.717) is 21.8 Å². The second kappa shape index (κ2) is 6.34. The molecule has 0 amide bonds. The maximum Gasteiger partial charge on any atom is 0.134 e. The molecule has 0 spiro atoms. The summed E-state index contributed by atoms with van der Waals surface area (Å²) in [5.41, 5.74) is 2.51. The second-order valence-electron chi connectivity index (χ2n) is 4.82. The molecular weight excluding hydrogens is 308 g/mol. The van der Waals surface area contributed by atoms with Crippen LogP contribution in [-0.2, 0) is 0 Å². The number of thiazole rings is 1. The standard InChI is InChI=1S/C18H12N2O2S/c19-10-13(9-12-5-7-14(21)8-6-12)18-20-16(11-23-18)15-3-1-2-4-17(15)22/h1-9,11,21-22H. The van der Waals surface area contributed by atoms with Gasteiger partial charge < -0.3 is 10.2 Å². The van der Waals surface area contributed by atoms with Gasteiger partial charge in [-0.3, -0.25) is 0 Å². The van der Waals surface area contributed by atoms with Crippen LogP contribution in [0, 0.1) is 11.3 Å². The van der Waals surface area contributed by atoms with E-state index in [4.69, 9.17) is 0 Å². The van der Waals surface area contributed by atoms with E-state index in [0.717, 1.165) is 5.56 Å². The van der Waals surface area contributed by atoms with Crippen molar-refractivity contribution in [1.29, 1.82) is 5.26 Å². The zero-order chi connectivity index (χ0) is 16.2. The molecule has 3 rings (SSSR count). The first-order chi connectivity index (χ1) is 11.2. The minimum Gasteiger partial charge on any atom is -0.508 e. The molecule has 3 aromatic rings. The number of hydrogen-bond acceptors (Lipinski definition) is 5. The number of nitriles is 1. The molecule has 2 aromatic carbocycles. The molecule has 112 valence electrons. The fourth-order valence-corrected chi connectivity index (χ4v) is 2.88. The molecule has 1 aromatic heterocycles. The van der Waals surface area contributed by atoms with Gasteiger partial charge in [0.25, 0.3) is 0 Å². The number of phenolic OH excluding ortho intramolecular Hbond substituents is 2. The number of benzene rings is 2. The van der Waals surface area contributed by atoms with Crippen LogP contribution in [0.2, 0.25) is 0 Å². The highest BCUT2D eigenvalue weighted by Crippen LogP contribution is 2.32. The maximum absolute atomic E-state index is 9.89. The van der Waals surface area contributed by atoms with Gasteiger partial charge >= 0.3 is 0 Å². The van der Waals surface area contributed by atoms with Crippen LogP contribution in [0.5, 0.6) is 11.5 Å². The third-order valence-corrected chi connectivity index (χ3v) is 4.11. The molecule has 23 heavy (non-hydrogen) atoms. The maximum atomic E-state index is 9.89. The van der Waals surface area contributed by atoms with Crippen molar-refractivity contribution in [3.63, 3.8) is 0 Å². The molecule has 0 bridgehead atoms. The highest BCUT2D eigenvalue weighted by molar-refractivity contribution is 7.11. The normalized spacial score (nSPS) is 11.2. The first-order valence-corrected chi connectivity index (χ1v) is 7.70. The monoisotopic (exact) mass is 320 g/mol. The molecule has 0 radical (unpaired) electrons. The van der Waals surface area contributed by atoms with Crippen LogP contribution in [0.4, 0.5) is 0 Å². The smallest absolute Gasteiger partial charge is 0.134 e. The Labute approximate surface area is 137 Å². The molecule has 0 aliphatic heterocycles. The number of hydrogen-bond donors (Lipinski definition) is 2. The number of phenols is 2. The van der Waals surface area contributed by atoms with E-state index in [-0.39, 0.29) is 11.5 Å². The lowest BCUT2D eigenvalue weighted by atomic mass is 10.1. The molecule has 4 nitrogen and oxygen atoms in total. The average Bonchev–Trinajstić information content (AvgIpc) is 3.04. The fraction of sp³-hybridized carbons (Fsp3) is 0. The van der Waals surface area contributed by atoms with Crippen molar-refractivity contribution in [2.24, 2.45) is 0 Å². The first-order valence-electron chi connectivity index (χ1n) is 6.82. The van der Waals surface area contributed by atoms with Crippen LogP contribution < -0.4 is 0 Å². The number of nitrogens with zero attached hydrogens (tertiary/aromatic N) is 2. The summed E-state index contributed by atoms with van der Waals surface area (Å²) in [6.45, 7) is 0. The molecule has 0 atom stereocenters. The number of allylic oxidation sites excluding steroid dienone is 1. The van der Waals surface area contributed by atoms with Crippen molar-refractivity contribution >= 4 is 23.0 Å². The Kier molecular flexibility index (Phi) is 4.09. The van der Waals surface area contributed by atoms with Crippen LogP contribution in [0.15, 0.2) is 53.9 Å². The van der Waals surface area contributed by atoms with Crippen LogP contribution in [0.25, 0.3) is 22.9 Å². The summed E-state index contributed by atoms with van der Waals surface area (Å²) < 4.78 is 0. The van der Waals surface area contributed by atoms with Gasteiger partial charge in [0.1, 0.15) is 22.6 Å². The molecular formula is C18H12N2O2S. The number of para-hydroxylation sites is 1. The summed E-state index contributed by atoms with van der Waals surface area (Å²) in [5.74, 6) is 0.335. The molecule has 0 saturated heterocycles. The fourth-order valence-electron chi connectivity index (χ4n) is 2.09. The van der Waals surface area contributed by atoms with E-state index in [2.05, 4.69) is 11.1 Å². The SMILES string of the molecule is N#CC(=Cc1ccc(O)cc1)c1nc(-c2ccccc2O)cs1. The Bertz CT molecular complexity index is 905. The predicted octanol–water partition coefficient (Wildman–Crippen LogP) is 4.29. The quantitative estimate of drug-likeness (QED) is 0.706. The van der Waals surface area contributed by atoms with Gasteiger partial charge in [-0.05, 0) is 35.9 Å². The van der Waals surface area contributed by atoms with Gasteiger partial charge in [-0.15, -0.1) is 11.3 Å². The molecule has 0 aliphatic carbocycles. The van der Waals surface area contributed by atoms with Gasteiger partial charge in [-0.25, -0.2) is 4.98 Å². The minimum absolute atomic E-state index is 0.158. The number of aromatic hydroxyl groups is 2. The van der Waals surface area contributed by atoms with Crippen molar-refractivity contribution in [2.75, 3.05) is 0 Å². The van der Waals surface area contributed by atoms with Gasteiger partial charge in [0, 0.05) is 10.9 Å². The Hall–Kier alpha value is -3.10. The molecule has 5 heteroatoms.